The van der Waals surface area contributed by atoms with Crippen LogP contribution in [0.25, 0.3) is 22.3 Å². The fourth-order valence-electron chi connectivity index (χ4n) is 2.19. The second-order valence-electron chi connectivity index (χ2n) is 4.53. The van der Waals surface area contributed by atoms with Crippen molar-refractivity contribution in [3.8, 4) is 11.4 Å². The largest absolute Gasteiger partial charge is 0.392 e. The van der Waals surface area contributed by atoms with Crippen LogP contribution in [0, 0.1) is 0 Å². The third-order valence-corrected chi connectivity index (χ3v) is 2.99. The Morgan fingerprint density at radius 3 is 3.11 bits per heavy atom. The Kier molecular flexibility index (Phi) is 2.64. The van der Waals surface area contributed by atoms with Crippen molar-refractivity contribution in [2.75, 3.05) is 0 Å². The molecule has 1 aromatic carbocycles. The normalized spacial score (nSPS) is 13.0. The van der Waals surface area contributed by atoms with Gasteiger partial charge in [0.15, 0.2) is 0 Å². The van der Waals surface area contributed by atoms with Crippen molar-refractivity contribution in [2.24, 2.45) is 0 Å². The number of aliphatic hydroxyl groups excluding tert-OH is 1. The molecular formula is C14H15N3O. The number of aromatic amines is 1. The topological polar surface area (TPSA) is 53.8 Å². The maximum absolute atomic E-state index is 9.48. The molecule has 0 aliphatic carbocycles. The fourth-order valence-corrected chi connectivity index (χ4v) is 2.19. The lowest BCUT2D eigenvalue weighted by Gasteiger charge is -2.09. The number of hydrogen-bond donors (Lipinski definition) is 2. The molecule has 1 unspecified atom stereocenters. The van der Waals surface area contributed by atoms with Gasteiger partial charge in [0.1, 0.15) is 5.82 Å². The average molecular weight is 241 g/mol. The summed E-state index contributed by atoms with van der Waals surface area (Å²) < 4.78 is 1.97. The van der Waals surface area contributed by atoms with Gasteiger partial charge in [-0.05, 0) is 24.4 Å². The molecule has 0 fully saturated rings. The highest BCUT2D eigenvalue weighted by molar-refractivity contribution is 5.83. The van der Waals surface area contributed by atoms with Crippen LogP contribution in [-0.4, -0.2) is 25.7 Å². The number of imidazole rings is 1. The summed E-state index contributed by atoms with van der Waals surface area (Å²) in [6, 6.07) is 8.25. The Bertz CT molecular complexity index is 666. The minimum atomic E-state index is -0.382. The molecule has 2 aromatic heterocycles. The summed E-state index contributed by atoms with van der Waals surface area (Å²) >= 11 is 0. The molecule has 1 atom stereocenters. The van der Waals surface area contributed by atoms with Crippen molar-refractivity contribution in [3.05, 3.63) is 42.9 Å². The van der Waals surface area contributed by atoms with E-state index in [9.17, 15) is 5.11 Å². The highest BCUT2D eigenvalue weighted by Crippen LogP contribution is 2.22. The van der Waals surface area contributed by atoms with Crippen LogP contribution >= 0.6 is 0 Å². The quantitative estimate of drug-likeness (QED) is 0.740. The van der Waals surface area contributed by atoms with E-state index in [1.54, 1.807) is 13.1 Å². The van der Waals surface area contributed by atoms with Crippen LogP contribution in [0.15, 0.2) is 42.9 Å². The summed E-state index contributed by atoms with van der Waals surface area (Å²) in [7, 11) is 0. The molecule has 0 bridgehead atoms. The van der Waals surface area contributed by atoms with E-state index in [1.165, 1.54) is 5.39 Å². The van der Waals surface area contributed by atoms with Gasteiger partial charge in [-0.1, -0.05) is 12.1 Å². The van der Waals surface area contributed by atoms with E-state index in [0.717, 1.165) is 16.9 Å². The first-order valence-electron chi connectivity index (χ1n) is 6.01. The van der Waals surface area contributed by atoms with Gasteiger partial charge in [-0.15, -0.1) is 0 Å². The summed E-state index contributed by atoms with van der Waals surface area (Å²) in [5.41, 5.74) is 2.15. The zero-order valence-electron chi connectivity index (χ0n) is 10.2. The Morgan fingerprint density at radius 2 is 2.28 bits per heavy atom. The minimum absolute atomic E-state index is 0.382. The first-order chi connectivity index (χ1) is 8.74. The number of aromatic nitrogens is 3. The Hall–Kier alpha value is -2.07. The predicted molar refractivity (Wildman–Crippen MR) is 71.2 cm³/mol. The van der Waals surface area contributed by atoms with Gasteiger partial charge in [0.2, 0.25) is 0 Å². The van der Waals surface area contributed by atoms with E-state index in [4.69, 9.17) is 0 Å². The van der Waals surface area contributed by atoms with Crippen LogP contribution in [0.1, 0.15) is 6.92 Å². The van der Waals surface area contributed by atoms with Crippen LogP contribution in [0.5, 0.6) is 0 Å². The van der Waals surface area contributed by atoms with Crippen molar-refractivity contribution in [2.45, 2.75) is 19.6 Å². The molecule has 0 aliphatic heterocycles. The molecule has 0 amide bonds. The third kappa shape index (κ3) is 1.91. The Labute approximate surface area is 105 Å². The molecule has 4 heteroatoms. The summed E-state index contributed by atoms with van der Waals surface area (Å²) in [5, 5.41) is 10.7. The highest BCUT2D eigenvalue weighted by atomic mass is 16.3. The van der Waals surface area contributed by atoms with Gasteiger partial charge in [0.05, 0.1) is 6.10 Å². The van der Waals surface area contributed by atoms with Crippen molar-refractivity contribution in [1.82, 2.24) is 14.5 Å². The second-order valence-corrected chi connectivity index (χ2v) is 4.53. The lowest BCUT2D eigenvalue weighted by molar-refractivity contribution is 0.174. The van der Waals surface area contributed by atoms with E-state index in [-0.39, 0.29) is 6.10 Å². The summed E-state index contributed by atoms with van der Waals surface area (Å²) in [5.74, 6) is 0.882. The second kappa shape index (κ2) is 4.31. The molecule has 0 saturated heterocycles. The molecule has 2 N–H and O–H groups in total. The number of fused-ring (bicyclic) bond motifs is 1. The Balaban J connectivity index is 2.05. The molecule has 3 aromatic rings. The molecule has 2 heterocycles. The summed E-state index contributed by atoms with van der Waals surface area (Å²) in [4.78, 5) is 7.56. The summed E-state index contributed by atoms with van der Waals surface area (Å²) in [6.45, 7) is 2.33. The van der Waals surface area contributed by atoms with Gasteiger partial charge in [-0.25, -0.2) is 4.98 Å². The SMILES string of the molecule is CC(O)Cn1ccnc1-c1ccc2cc[nH]c2c1. The molecule has 0 spiro atoms. The third-order valence-electron chi connectivity index (χ3n) is 2.99. The Morgan fingerprint density at radius 1 is 1.39 bits per heavy atom. The van der Waals surface area contributed by atoms with E-state index in [1.807, 2.05) is 23.0 Å². The molecule has 0 radical (unpaired) electrons. The standard InChI is InChI=1S/C14H15N3O/c1-10(18)9-17-7-6-16-14(17)12-3-2-11-4-5-15-13(11)8-12/h2-8,10,15,18H,9H2,1H3. The first kappa shape index (κ1) is 11.0. The van der Waals surface area contributed by atoms with Gasteiger partial charge in [-0.2, -0.15) is 0 Å². The van der Waals surface area contributed by atoms with Gasteiger partial charge < -0.3 is 14.7 Å². The summed E-state index contributed by atoms with van der Waals surface area (Å²) in [6.07, 6.45) is 5.20. The zero-order chi connectivity index (χ0) is 12.5. The minimum Gasteiger partial charge on any atom is -0.392 e. The van der Waals surface area contributed by atoms with E-state index >= 15 is 0 Å². The molecule has 18 heavy (non-hydrogen) atoms. The van der Waals surface area contributed by atoms with Crippen LogP contribution < -0.4 is 0 Å². The van der Waals surface area contributed by atoms with Crippen LogP contribution in [0.2, 0.25) is 0 Å². The van der Waals surface area contributed by atoms with Crippen molar-refractivity contribution in [1.29, 1.82) is 0 Å². The molecular weight excluding hydrogens is 226 g/mol. The monoisotopic (exact) mass is 241 g/mol. The first-order valence-corrected chi connectivity index (χ1v) is 6.01. The van der Waals surface area contributed by atoms with Crippen molar-refractivity contribution >= 4 is 10.9 Å². The average Bonchev–Trinajstić information content (AvgIpc) is 2.95. The van der Waals surface area contributed by atoms with Crippen LogP contribution in [-0.2, 0) is 6.54 Å². The van der Waals surface area contributed by atoms with Gasteiger partial charge >= 0.3 is 0 Å². The van der Waals surface area contributed by atoms with Gasteiger partial charge in [-0.3, -0.25) is 0 Å². The molecule has 0 aliphatic rings. The lowest BCUT2D eigenvalue weighted by atomic mass is 10.1. The van der Waals surface area contributed by atoms with E-state index in [2.05, 4.69) is 28.2 Å². The molecule has 4 nitrogen and oxygen atoms in total. The van der Waals surface area contributed by atoms with Crippen molar-refractivity contribution < 1.29 is 5.11 Å². The lowest BCUT2D eigenvalue weighted by Crippen LogP contribution is -2.11. The molecule has 0 saturated carbocycles. The smallest absolute Gasteiger partial charge is 0.140 e. The van der Waals surface area contributed by atoms with Crippen LogP contribution in [0.3, 0.4) is 0 Å². The number of H-pyrrole nitrogens is 1. The number of nitrogens with zero attached hydrogens (tertiary/aromatic N) is 2. The van der Waals surface area contributed by atoms with Crippen LogP contribution in [0.4, 0.5) is 0 Å². The van der Waals surface area contributed by atoms with Crippen molar-refractivity contribution in [3.63, 3.8) is 0 Å². The number of benzene rings is 1. The predicted octanol–water partition coefficient (Wildman–Crippen LogP) is 2.41. The fraction of sp³-hybridized carbons (Fsp3) is 0.214. The maximum Gasteiger partial charge on any atom is 0.140 e. The maximum atomic E-state index is 9.48. The number of hydrogen-bond acceptors (Lipinski definition) is 2. The molecule has 92 valence electrons. The van der Waals surface area contributed by atoms with Gasteiger partial charge in [0, 0.05) is 36.2 Å². The highest BCUT2D eigenvalue weighted by Gasteiger charge is 2.08. The zero-order valence-corrected chi connectivity index (χ0v) is 10.2. The number of aliphatic hydroxyl groups is 1. The van der Waals surface area contributed by atoms with E-state index in [0.29, 0.717) is 6.54 Å². The number of rotatable bonds is 3. The van der Waals surface area contributed by atoms with E-state index < -0.39 is 0 Å². The van der Waals surface area contributed by atoms with Gasteiger partial charge in [0.25, 0.3) is 0 Å². The number of nitrogens with one attached hydrogen (secondary N) is 1. The molecule has 3 rings (SSSR count).